The van der Waals surface area contributed by atoms with Gasteiger partial charge in [0.05, 0.1) is 11.9 Å². The predicted octanol–water partition coefficient (Wildman–Crippen LogP) is 3.73. The molecule has 0 aliphatic rings. The molecule has 1 N–H and O–H groups in total. The van der Waals surface area contributed by atoms with Crippen LogP contribution in [0, 0.1) is 0 Å². The van der Waals surface area contributed by atoms with Gasteiger partial charge in [-0.1, -0.05) is 48.5 Å². The number of rotatable bonds is 6. The zero-order valence-electron chi connectivity index (χ0n) is 13.8. The predicted molar refractivity (Wildman–Crippen MR) is 102 cm³/mol. The lowest BCUT2D eigenvalue weighted by Crippen LogP contribution is -2.21. The van der Waals surface area contributed by atoms with Crippen molar-refractivity contribution < 1.29 is 4.74 Å². The Labute approximate surface area is 154 Å². The number of nitrogens with one attached hydrogen (secondary N) is 1. The molecule has 0 radical (unpaired) electrons. The van der Waals surface area contributed by atoms with E-state index < -0.39 is 0 Å². The van der Waals surface area contributed by atoms with E-state index in [9.17, 15) is 4.79 Å². The lowest BCUT2D eigenvalue weighted by atomic mass is 10.2. The van der Waals surface area contributed by atoms with Crippen LogP contribution >= 0.6 is 15.9 Å². The van der Waals surface area contributed by atoms with Crippen LogP contribution in [0.1, 0.15) is 11.1 Å². The Balaban J connectivity index is 1.71. The van der Waals surface area contributed by atoms with Crippen LogP contribution in [-0.2, 0) is 20.2 Å². The van der Waals surface area contributed by atoms with Crippen LogP contribution in [0.4, 0.5) is 5.69 Å². The van der Waals surface area contributed by atoms with Gasteiger partial charge in [-0.05, 0) is 27.6 Å². The lowest BCUT2D eigenvalue weighted by molar-refractivity contribution is 0.303. The van der Waals surface area contributed by atoms with Gasteiger partial charge in [0.1, 0.15) is 16.8 Å². The summed E-state index contributed by atoms with van der Waals surface area (Å²) in [7, 11) is 1.61. The number of ether oxygens (including phenoxy) is 1. The normalized spacial score (nSPS) is 10.5. The fourth-order valence-electron chi connectivity index (χ4n) is 2.35. The first-order valence-electron chi connectivity index (χ1n) is 7.85. The molecule has 0 saturated carbocycles. The minimum absolute atomic E-state index is 0.182. The number of nitrogens with zero attached hydrogens (tertiary/aromatic N) is 2. The Kier molecular flexibility index (Phi) is 5.50. The highest BCUT2D eigenvalue weighted by Gasteiger charge is 2.08. The SMILES string of the molecule is Cn1ncc(NCc2ccccc2OCc2ccccc2)c(Br)c1=O. The number of aromatic nitrogens is 2. The lowest BCUT2D eigenvalue weighted by Gasteiger charge is -2.13. The van der Waals surface area contributed by atoms with Gasteiger partial charge in [0, 0.05) is 19.2 Å². The topological polar surface area (TPSA) is 56.1 Å². The van der Waals surface area contributed by atoms with Crippen LogP contribution < -0.4 is 15.6 Å². The van der Waals surface area contributed by atoms with E-state index in [1.807, 2.05) is 54.6 Å². The van der Waals surface area contributed by atoms with E-state index in [4.69, 9.17) is 4.74 Å². The average molecular weight is 400 g/mol. The number of benzene rings is 2. The fourth-order valence-corrected chi connectivity index (χ4v) is 2.85. The van der Waals surface area contributed by atoms with E-state index in [0.29, 0.717) is 23.3 Å². The summed E-state index contributed by atoms with van der Waals surface area (Å²) in [5.41, 5.74) is 2.59. The first kappa shape index (κ1) is 17.2. The van der Waals surface area contributed by atoms with E-state index in [-0.39, 0.29) is 5.56 Å². The van der Waals surface area contributed by atoms with Crippen LogP contribution in [0.25, 0.3) is 0 Å². The van der Waals surface area contributed by atoms with E-state index in [2.05, 4.69) is 26.3 Å². The van der Waals surface area contributed by atoms with Crippen molar-refractivity contribution in [2.75, 3.05) is 5.32 Å². The first-order chi connectivity index (χ1) is 12.1. The van der Waals surface area contributed by atoms with Crippen molar-refractivity contribution in [3.63, 3.8) is 0 Å². The Hall–Kier alpha value is -2.60. The molecule has 0 spiro atoms. The molecule has 3 aromatic rings. The molecule has 6 heteroatoms. The van der Waals surface area contributed by atoms with Crippen molar-refractivity contribution in [1.29, 1.82) is 0 Å². The molecule has 3 rings (SSSR count). The highest BCUT2D eigenvalue weighted by atomic mass is 79.9. The van der Waals surface area contributed by atoms with E-state index in [0.717, 1.165) is 16.9 Å². The molecule has 0 aliphatic carbocycles. The number of aryl methyl sites for hydroxylation is 1. The van der Waals surface area contributed by atoms with Gasteiger partial charge in [0.15, 0.2) is 0 Å². The third kappa shape index (κ3) is 4.28. The fraction of sp³-hybridized carbons (Fsp3) is 0.158. The summed E-state index contributed by atoms with van der Waals surface area (Å²) < 4.78 is 7.70. The van der Waals surface area contributed by atoms with E-state index in [1.54, 1.807) is 13.2 Å². The number of hydrogen-bond acceptors (Lipinski definition) is 4. The molecule has 1 aromatic heterocycles. The van der Waals surface area contributed by atoms with Gasteiger partial charge in [0.2, 0.25) is 0 Å². The van der Waals surface area contributed by atoms with Crippen LogP contribution in [0.2, 0.25) is 0 Å². The Morgan fingerprint density at radius 1 is 1.12 bits per heavy atom. The highest BCUT2D eigenvalue weighted by Crippen LogP contribution is 2.22. The average Bonchev–Trinajstić information content (AvgIpc) is 2.65. The zero-order chi connectivity index (χ0) is 17.6. The third-order valence-corrected chi connectivity index (χ3v) is 4.52. The Bertz CT molecular complexity index is 910. The Morgan fingerprint density at radius 3 is 2.64 bits per heavy atom. The maximum atomic E-state index is 11.9. The van der Waals surface area contributed by atoms with Crippen molar-refractivity contribution in [2.24, 2.45) is 7.05 Å². The molecule has 0 saturated heterocycles. The number of para-hydroxylation sites is 1. The number of anilines is 1. The molecule has 1 heterocycles. The molecule has 0 bridgehead atoms. The van der Waals surface area contributed by atoms with Crippen LogP contribution in [0.3, 0.4) is 0 Å². The van der Waals surface area contributed by atoms with Gasteiger partial charge >= 0.3 is 0 Å². The van der Waals surface area contributed by atoms with E-state index in [1.165, 1.54) is 4.68 Å². The molecule has 5 nitrogen and oxygen atoms in total. The van der Waals surface area contributed by atoms with Crippen molar-refractivity contribution in [3.8, 4) is 5.75 Å². The van der Waals surface area contributed by atoms with Crippen molar-refractivity contribution in [2.45, 2.75) is 13.2 Å². The van der Waals surface area contributed by atoms with Crippen molar-refractivity contribution in [3.05, 3.63) is 86.7 Å². The maximum Gasteiger partial charge on any atom is 0.282 e. The molecule has 2 aromatic carbocycles. The molecule has 25 heavy (non-hydrogen) atoms. The quantitative estimate of drug-likeness (QED) is 0.685. The minimum Gasteiger partial charge on any atom is -0.489 e. The second-order valence-electron chi connectivity index (χ2n) is 5.54. The summed E-state index contributed by atoms with van der Waals surface area (Å²) in [6, 6.07) is 17.9. The van der Waals surface area contributed by atoms with Gasteiger partial charge in [0.25, 0.3) is 5.56 Å². The molecular weight excluding hydrogens is 382 g/mol. The van der Waals surface area contributed by atoms with Gasteiger partial charge in [-0.25, -0.2) is 4.68 Å². The molecule has 0 atom stereocenters. The second kappa shape index (κ2) is 7.98. The van der Waals surface area contributed by atoms with Gasteiger partial charge in [-0.15, -0.1) is 0 Å². The Morgan fingerprint density at radius 2 is 1.84 bits per heavy atom. The summed E-state index contributed by atoms with van der Waals surface area (Å²) in [5.74, 6) is 0.812. The van der Waals surface area contributed by atoms with Gasteiger partial charge < -0.3 is 10.1 Å². The summed E-state index contributed by atoms with van der Waals surface area (Å²) >= 11 is 3.32. The second-order valence-corrected chi connectivity index (χ2v) is 6.33. The molecular formula is C19H18BrN3O2. The minimum atomic E-state index is -0.182. The largest absolute Gasteiger partial charge is 0.489 e. The monoisotopic (exact) mass is 399 g/mol. The van der Waals surface area contributed by atoms with E-state index >= 15 is 0 Å². The molecule has 0 unspecified atom stereocenters. The molecule has 0 amide bonds. The highest BCUT2D eigenvalue weighted by molar-refractivity contribution is 9.10. The van der Waals surface area contributed by atoms with Gasteiger partial charge in [-0.2, -0.15) is 5.10 Å². The van der Waals surface area contributed by atoms with Crippen molar-refractivity contribution in [1.82, 2.24) is 9.78 Å². The van der Waals surface area contributed by atoms with Crippen LogP contribution in [-0.4, -0.2) is 9.78 Å². The van der Waals surface area contributed by atoms with Crippen LogP contribution in [0.15, 0.2) is 70.1 Å². The van der Waals surface area contributed by atoms with Crippen LogP contribution in [0.5, 0.6) is 5.75 Å². The smallest absolute Gasteiger partial charge is 0.282 e. The van der Waals surface area contributed by atoms with Gasteiger partial charge in [-0.3, -0.25) is 4.79 Å². The first-order valence-corrected chi connectivity index (χ1v) is 8.65. The molecule has 128 valence electrons. The van der Waals surface area contributed by atoms with Crippen molar-refractivity contribution >= 4 is 21.6 Å². The number of hydrogen-bond donors (Lipinski definition) is 1. The summed E-state index contributed by atoms with van der Waals surface area (Å²) in [4.78, 5) is 11.9. The summed E-state index contributed by atoms with van der Waals surface area (Å²) in [6.45, 7) is 1.04. The molecule has 0 fully saturated rings. The standard InChI is InChI=1S/C19H18BrN3O2/c1-23-19(24)18(20)16(12-22-23)21-11-15-9-5-6-10-17(15)25-13-14-7-3-2-4-8-14/h2-10,12,21H,11,13H2,1H3. The maximum absolute atomic E-state index is 11.9. The molecule has 0 aliphatic heterocycles. The summed E-state index contributed by atoms with van der Waals surface area (Å²) in [6.07, 6.45) is 1.62. The summed E-state index contributed by atoms with van der Waals surface area (Å²) in [5, 5.41) is 7.26. The third-order valence-electron chi connectivity index (χ3n) is 3.76. The zero-order valence-corrected chi connectivity index (χ0v) is 15.4. The number of halogens is 1.